The van der Waals surface area contributed by atoms with E-state index in [9.17, 15) is 9.90 Å². The first-order chi connectivity index (χ1) is 16.5. The molecule has 1 aliphatic rings. The Hall–Kier alpha value is -2.61. The fraction of sp³-hybridized carbons (Fsp3) is 0.462. The molecule has 1 amide bonds. The van der Waals surface area contributed by atoms with Crippen LogP contribution in [0.3, 0.4) is 0 Å². The standard InChI is InChI=1S/C26H33ClN4O3/c1-18(2)30-13-11-21(12-14-30)28-26(33)25-29-24-22(4-3-5-23(24)34-17-16-32)31(25)15-10-19-6-8-20(27)9-7-19/h3-9,18,21,32H,10-17H2,1-2H3,(H,28,33). The van der Waals surface area contributed by atoms with Gasteiger partial charge in [0, 0.05) is 36.7 Å². The number of halogens is 1. The van der Waals surface area contributed by atoms with Gasteiger partial charge in [-0.3, -0.25) is 4.79 Å². The molecular formula is C26H33ClN4O3. The number of amides is 1. The molecule has 4 rings (SSSR count). The number of carbonyl (C=O) groups is 1. The molecule has 3 aromatic rings. The molecular weight excluding hydrogens is 452 g/mol. The van der Waals surface area contributed by atoms with Crippen molar-refractivity contribution in [1.29, 1.82) is 0 Å². The van der Waals surface area contributed by atoms with Crippen LogP contribution in [0.2, 0.25) is 5.02 Å². The monoisotopic (exact) mass is 484 g/mol. The molecule has 0 unspecified atom stereocenters. The van der Waals surface area contributed by atoms with E-state index in [4.69, 9.17) is 21.3 Å². The molecule has 2 N–H and O–H groups in total. The second-order valence-electron chi connectivity index (χ2n) is 9.04. The van der Waals surface area contributed by atoms with Gasteiger partial charge in [-0.2, -0.15) is 0 Å². The largest absolute Gasteiger partial charge is 0.489 e. The Morgan fingerprint density at radius 2 is 1.94 bits per heavy atom. The van der Waals surface area contributed by atoms with Crippen LogP contribution in [0.15, 0.2) is 42.5 Å². The van der Waals surface area contributed by atoms with Crippen molar-refractivity contribution in [3.8, 4) is 5.75 Å². The van der Waals surface area contributed by atoms with E-state index in [2.05, 4.69) is 24.1 Å². The number of hydrogen-bond donors (Lipinski definition) is 2. The third kappa shape index (κ3) is 5.71. The van der Waals surface area contributed by atoms with Gasteiger partial charge in [0.25, 0.3) is 5.91 Å². The summed E-state index contributed by atoms with van der Waals surface area (Å²) in [6.45, 7) is 7.05. The topological polar surface area (TPSA) is 79.6 Å². The van der Waals surface area contributed by atoms with Crippen LogP contribution in [-0.4, -0.2) is 63.9 Å². The number of carbonyl (C=O) groups excluding carboxylic acids is 1. The Labute approximate surface area is 205 Å². The van der Waals surface area contributed by atoms with Gasteiger partial charge in [-0.25, -0.2) is 4.98 Å². The lowest BCUT2D eigenvalue weighted by atomic mass is 10.0. The summed E-state index contributed by atoms with van der Waals surface area (Å²) in [6.07, 6.45) is 2.59. The van der Waals surface area contributed by atoms with Gasteiger partial charge >= 0.3 is 0 Å². The van der Waals surface area contributed by atoms with E-state index in [1.165, 1.54) is 0 Å². The van der Waals surface area contributed by atoms with Gasteiger partial charge in [0.05, 0.1) is 12.1 Å². The minimum Gasteiger partial charge on any atom is -0.489 e. The van der Waals surface area contributed by atoms with Crippen LogP contribution in [0.25, 0.3) is 11.0 Å². The summed E-state index contributed by atoms with van der Waals surface area (Å²) < 4.78 is 7.67. The number of aryl methyl sites for hydroxylation is 2. The number of piperidine rings is 1. The first-order valence-corrected chi connectivity index (χ1v) is 12.4. The van der Waals surface area contributed by atoms with Gasteiger partial charge < -0.3 is 24.6 Å². The summed E-state index contributed by atoms with van der Waals surface area (Å²) >= 11 is 6.03. The number of aliphatic hydroxyl groups is 1. The molecule has 2 heterocycles. The van der Waals surface area contributed by atoms with Crippen molar-refractivity contribution in [3.05, 3.63) is 58.9 Å². The number of fused-ring (bicyclic) bond motifs is 1. The van der Waals surface area contributed by atoms with E-state index in [1.54, 1.807) is 0 Å². The maximum absolute atomic E-state index is 13.4. The van der Waals surface area contributed by atoms with Crippen LogP contribution in [0.4, 0.5) is 0 Å². The zero-order chi connectivity index (χ0) is 24.1. The molecule has 0 aliphatic carbocycles. The lowest BCUT2D eigenvalue weighted by molar-refractivity contribution is 0.0886. The maximum atomic E-state index is 13.4. The van der Waals surface area contributed by atoms with Crippen LogP contribution >= 0.6 is 11.6 Å². The molecule has 0 bridgehead atoms. The van der Waals surface area contributed by atoms with Crippen LogP contribution in [0, 0.1) is 0 Å². The Kier molecular flexibility index (Phi) is 8.08. The van der Waals surface area contributed by atoms with Crippen molar-refractivity contribution < 1.29 is 14.6 Å². The second kappa shape index (κ2) is 11.2. The van der Waals surface area contributed by atoms with Crippen molar-refractivity contribution in [2.45, 2.75) is 51.7 Å². The molecule has 1 fully saturated rings. The Morgan fingerprint density at radius 3 is 2.62 bits per heavy atom. The fourth-order valence-corrected chi connectivity index (χ4v) is 4.62. The minimum atomic E-state index is -0.164. The van der Waals surface area contributed by atoms with Crippen LogP contribution in [-0.2, 0) is 13.0 Å². The van der Waals surface area contributed by atoms with Crippen LogP contribution in [0.1, 0.15) is 42.9 Å². The third-order valence-electron chi connectivity index (χ3n) is 6.43. The highest BCUT2D eigenvalue weighted by Crippen LogP contribution is 2.27. The molecule has 0 spiro atoms. The normalized spacial score (nSPS) is 15.2. The average molecular weight is 485 g/mol. The number of hydrogen-bond acceptors (Lipinski definition) is 5. The molecule has 182 valence electrons. The zero-order valence-electron chi connectivity index (χ0n) is 19.8. The average Bonchev–Trinajstić information content (AvgIpc) is 3.22. The molecule has 0 radical (unpaired) electrons. The SMILES string of the molecule is CC(C)N1CCC(NC(=O)c2nc3c(OCCO)cccc3n2CCc2ccc(Cl)cc2)CC1. The molecule has 0 saturated carbocycles. The molecule has 1 saturated heterocycles. The number of para-hydroxylation sites is 1. The number of nitrogens with one attached hydrogen (secondary N) is 1. The Bertz CT molecular complexity index is 1110. The summed E-state index contributed by atoms with van der Waals surface area (Å²) in [4.78, 5) is 20.5. The number of benzene rings is 2. The number of rotatable bonds is 9. The Morgan fingerprint density at radius 1 is 1.21 bits per heavy atom. The molecule has 1 aliphatic heterocycles. The lowest BCUT2D eigenvalue weighted by Crippen LogP contribution is -2.47. The van der Waals surface area contributed by atoms with Gasteiger partial charge in [-0.1, -0.05) is 29.8 Å². The fourth-order valence-electron chi connectivity index (χ4n) is 4.50. The highest BCUT2D eigenvalue weighted by Gasteiger charge is 2.25. The van der Waals surface area contributed by atoms with E-state index < -0.39 is 0 Å². The highest BCUT2D eigenvalue weighted by atomic mass is 35.5. The Balaban J connectivity index is 1.58. The highest BCUT2D eigenvalue weighted by molar-refractivity contribution is 6.30. The van der Waals surface area contributed by atoms with Crippen molar-refractivity contribution >= 4 is 28.5 Å². The van der Waals surface area contributed by atoms with E-state index >= 15 is 0 Å². The van der Waals surface area contributed by atoms with Crippen LogP contribution < -0.4 is 10.1 Å². The van der Waals surface area contributed by atoms with Crippen molar-refractivity contribution in [3.63, 3.8) is 0 Å². The van der Waals surface area contributed by atoms with Gasteiger partial charge in [-0.15, -0.1) is 0 Å². The zero-order valence-corrected chi connectivity index (χ0v) is 20.6. The molecule has 2 aromatic carbocycles. The van der Waals surface area contributed by atoms with Crippen molar-refractivity contribution in [1.82, 2.24) is 19.8 Å². The first kappa shape index (κ1) is 24.5. The minimum absolute atomic E-state index is 0.0872. The molecule has 8 heteroatoms. The molecule has 1 aromatic heterocycles. The summed E-state index contributed by atoms with van der Waals surface area (Å²) in [5, 5.41) is 13.1. The number of aliphatic hydroxyl groups excluding tert-OH is 1. The predicted molar refractivity (Wildman–Crippen MR) is 135 cm³/mol. The maximum Gasteiger partial charge on any atom is 0.287 e. The molecule has 34 heavy (non-hydrogen) atoms. The number of imidazole rings is 1. The quantitative estimate of drug-likeness (QED) is 0.481. The smallest absolute Gasteiger partial charge is 0.287 e. The van der Waals surface area contributed by atoms with E-state index in [-0.39, 0.29) is 25.2 Å². The predicted octanol–water partition coefficient (Wildman–Crippen LogP) is 3.91. The number of aromatic nitrogens is 2. The van der Waals surface area contributed by atoms with Gasteiger partial charge in [0.2, 0.25) is 0 Å². The van der Waals surface area contributed by atoms with E-state index in [0.717, 1.165) is 43.4 Å². The third-order valence-corrected chi connectivity index (χ3v) is 6.68. The number of likely N-dealkylation sites (tertiary alicyclic amines) is 1. The summed E-state index contributed by atoms with van der Waals surface area (Å²) in [5.41, 5.74) is 2.60. The van der Waals surface area contributed by atoms with Gasteiger partial charge in [0.1, 0.15) is 17.9 Å². The van der Waals surface area contributed by atoms with E-state index in [0.29, 0.717) is 34.7 Å². The second-order valence-corrected chi connectivity index (χ2v) is 9.47. The summed E-state index contributed by atoms with van der Waals surface area (Å²) in [6, 6.07) is 14.1. The summed E-state index contributed by atoms with van der Waals surface area (Å²) in [5.74, 6) is 0.787. The van der Waals surface area contributed by atoms with Gasteiger partial charge in [-0.05, 0) is 62.9 Å². The molecule has 0 atom stereocenters. The lowest BCUT2D eigenvalue weighted by Gasteiger charge is -2.34. The van der Waals surface area contributed by atoms with Crippen molar-refractivity contribution in [2.75, 3.05) is 26.3 Å². The molecule has 7 nitrogen and oxygen atoms in total. The number of nitrogens with zero attached hydrogens (tertiary/aromatic N) is 3. The van der Waals surface area contributed by atoms with Crippen molar-refractivity contribution in [2.24, 2.45) is 0 Å². The number of ether oxygens (including phenoxy) is 1. The van der Waals surface area contributed by atoms with Gasteiger partial charge in [0.15, 0.2) is 5.82 Å². The summed E-state index contributed by atoms with van der Waals surface area (Å²) in [7, 11) is 0. The first-order valence-electron chi connectivity index (χ1n) is 12.0. The van der Waals surface area contributed by atoms with Crippen LogP contribution in [0.5, 0.6) is 5.75 Å². The van der Waals surface area contributed by atoms with E-state index in [1.807, 2.05) is 47.0 Å².